The van der Waals surface area contributed by atoms with Gasteiger partial charge in [-0.1, -0.05) is 71.1 Å². The van der Waals surface area contributed by atoms with Crippen molar-refractivity contribution in [3.63, 3.8) is 0 Å². The lowest BCUT2D eigenvalue weighted by atomic mass is 9.74. The van der Waals surface area contributed by atoms with E-state index in [0.29, 0.717) is 17.7 Å². The summed E-state index contributed by atoms with van der Waals surface area (Å²) in [5, 5.41) is 21.6. The van der Waals surface area contributed by atoms with Gasteiger partial charge in [0.1, 0.15) is 18.9 Å². The highest BCUT2D eigenvalue weighted by Gasteiger charge is 2.33. The SMILES string of the molecule is C#C.CCC(CC)(/C1=C/C/C=C(C(=O)NCC(=O)O)\C=C/CS1)c1ccc(OCC(O)C(C)(C)C)c(C)c1. The number of carboxylic acids is 1. The number of carbonyl (C=O) groups is 2. The van der Waals surface area contributed by atoms with E-state index in [1.807, 2.05) is 45.9 Å². The van der Waals surface area contributed by atoms with Crippen LogP contribution in [0.15, 0.2) is 53.0 Å². The molecular weight excluding hydrogens is 498 g/mol. The third-order valence-electron chi connectivity index (χ3n) is 6.74. The lowest BCUT2D eigenvalue weighted by Gasteiger charge is -2.35. The second-order valence-electron chi connectivity index (χ2n) is 10.2. The summed E-state index contributed by atoms with van der Waals surface area (Å²) in [6, 6.07) is 6.32. The van der Waals surface area contributed by atoms with E-state index in [-0.39, 0.29) is 23.3 Å². The van der Waals surface area contributed by atoms with Crippen LogP contribution in [0.3, 0.4) is 0 Å². The second kappa shape index (κ2) is 15.5. The Hall–Kier alpha value is -2.95. The van der Waals surface area contributed by atoms with Gasteiger partial charge in [-0.05, 0) is 53.7 Å². The van der Waals surface area contributed by atoms with Crippen LogP contribution < -0.4 is 10.1 Å². The zero-order valence-electron chi connectivity index (χ0n) is 23.5. The molecule has 0 spiro atoms. The first-order chi connectivity index (χ1) is 17.9. The Balaban J connectivity index is 0.00000352. The molecule has 0 aliphatic carbocycles. The van der Waals surface area contributed by atoms with Crippen LogP contribution in [0, 0.1) is 25.2 Å². The summed E-state index contributed by atoms with van der Waals surface area (Å²) in [4.78, 5) is 24.4. The molecule has 0 saturated carbocycles. The standard InChI is InChI=1S/C29H41NO5S.C2H2/c1-7-29(8-2,22-14-15-23(20(3)17-22)35-19-24(31)28(4,5)6)25-13-9-11-21(12-10-16-36-25)27(34)30-18-26(32)33;1-2/h10-15,17,24,31H,7-9,16,18-19H2,1-6H3,(H,30,34)(H,32,33);1-2H/b12-10-,21-11+,25-13-;. The van der Waals surface area contributed by atoms with Crippen LogP contribution >= 0.6 is 11.8 Å². The number of rotatable bonds is 10. The Kier molecular flexibility index (Phi) is 13.5. The van der Waals surface area contributed by atoms with E-state index in [2.05, 4.69) is 50.2 Å². The normalized spacial score (nSPS) is 18.4. The van der Waals surface area contributed by atoms with Gasteiger partial charge in [0.15, 0.2) is 0 Å². The molecule has 0 aromatic heterocycles. The van der Waals surface area contributed by atoms with Crippen LogP contribution in [-0.4, -0.2) is 47.1 Å². The maximum absolute atomic E-state index is 12.4. The fourth-order valence-electron chi connectivity index (χ4n) is 4.17. The number of carboxylic acid groups (broad SMARTS) is 1. The van der Waals surface area contributed by atoms with E-state index in [4.69, 9.17) is 9.84 Å². The number of terminal acetylenes is 1. The van der Waals surface area contributed by atoms with Crippen LogP contribution in [0.1, 0.15) is 65.0 Å². The largest absolute Gasteiger partial charge is 0.491 e. The number of aliphatic hydroxyl groups excluding tert-OH is 1. The molecule has 1 unspecified atom stereocenters. The van der Waals surface area contributed by atoms with Crippen molar-refractivity contribution in [1.29, 1.82) is 0 Å². The molecule has 0 fully saturated rings. The van der Waals surface area contributed by atoms with Gasteiger partial charge in [-0.15, -0.1) is 24.6 Å². The summed E-state index contributed by atoms with van der Waals surface area (Å²) in [7, 11) is 0. The molecule has 38 heavy (non-hydrogen) atoms. The number of carbonyl (C=O) groups excluding carboxylic acids is 1. The van der Waals surface area contributed by atoms with Crippen molar-refractivity contribution in [2.75, 3.05) is 18.9 Å². The highest BCUT2D eigenvalue weighted by Crippen LogP contribution is 2.45. The summed E-state index contributed by atoms with van der Waals surface area (Å²) in [5.74, 6) is 0.0429. The van der Waals surface area contributed by atoms with Gasteiger partial charge in [0.05, 0.1) is 6.10 Å². The minimum absolute atomic E-state index is 0.170. The fourth-order valence-corrected chi connectivity index (χ4v) is 5.44. The quantitative estimate of drug-likeness (QED) is 0.325. The Morgan fingerprint density at radius 3 is 2.37 bits per heavy atom. The molecular formula is C31H43NO5S. The average Bonchev–Trinajstić information content (AvgIpc) is 3.01. The smallest absolute Gasteiger partial charge is 0.322 e. The number of aryl methyl sites for hydroxylation is 1. The third kappa shape index (κ3) is 9.11. The van der Waals surface area contributed by atoms with Crippen LogP contribution in [0.2, 0.25) is 0 Å². The van der Waals surface area contributed by atoms with Crippen LogP contribution in [-0.2, 0) is 15.0 Å². The van der Waals surface area contributed by atoms with Crippen molar-refractivity contribution in [3.05, 3.63) is 64.1 Å². The summed E-state index contributed by atoms with van der Waals surface area (Å²) in [6.45, 7) is 12.3. The predicted molar refractivity (Wildman–Crippen MR) is 157 cm³/mol. The molecule has 3 N–H and O–H groups in total. The van der Waals surface area contributed by atoms with Crippen molar-refractivity contribution in [2.24, 2.45) is 5.41 Å². The molecule has 0 radical (unpaired) electrons. The van der Waals surface area contributed by atoms with Gasteiger partial charge in [-0.25, -0.2) is 0 Å². The molecule has 1 amide bonds. The van der Waals surface area contributed by atoms with Gasteiger partial charge in [0, 0.05) is 16.7 Å². The lowest BCUT2D eigenvalue weighted by molar-refractivity contribution is -0.137. The number of nitrogens with one attached hydrogen (secondary N) is 1. The number of allylic oxidation sites excluding steroid dienone is 3. The highest BCUT2D eigenvalue weighted by molar-refractivity contribution is 8.03. The van der Waals surface area contributed by atoms with E-state index in [9.17, 15) is 14.7 Å². The van der Waals surface area contributed by atoms with Crippen LogP contribution in [0.25, 0.3) is 0 Å². The summed E-state index contributed by atoms with van der Waals surface area (Å²) in [5.41, 5.74) is 2.32. The number of aliphatic hydroxyl groups is 1. The molecule has 1 aromatic carbocycles. The Bertz CT molecular complexity index is 1060. The molecule has 208 valence electrons. The maximum Gasteiger partial charge on any atom is 0.322 e. The minimum Gasteiger partial charge on any atom is -0.491 e. The highest BCUT2D eigenvalue weighted by atomic mass is 32.2. The van der Waals surface area contributed by atoms with E-state index >= 15 is 0 Å². The molecule has 0 bridgehead atoms. The second-order valence-corrected chi connectivity index (χ2v) is 11.3. The van der Waals surface area contributed by atoms with E-state index in [1.165, 1.54) is 10.5 Å². The maximum atomic E-state index is 12.4. The monoisotopic (exact) mass is 541 g/mol. The molecule has 1 aliphatic rings. The first-order valence-corrected chi connectivity index (χ1v) is 13.9. The van der Waals surface area contributed by atoms with Gasteiger partial charge in [0.25, 0.3) is 5.91 Å². The Morgan fingerprint density at radius 1 is 1.16 bits per heavy atom. The van der Waals surface area contributed by atoms with E-state index in [1.54, 1.807) is 17.8 Å². The number of hydrogen-bond donors (Lipinski definition) is 3. The van der Waals surface area contributed by atoms with E-state index in [0.717, 1.165) is 24.2 Å². The summed E-state index contributed by atoms with van der Waals surface area (Å²) in [6.07, 6.45) is 17.6. The predicted octanol–water partition coefficient (Wildman–Crippen LogP) is 5.79. The van der Waals surface area contributed by atoms with Crippen LogP contribution in [0.4, 0.5) is 0 Å². The van der Waals surface area contributed by atoms with Crippen molar-refractivity contribution < 1.29 is 24.5 Å². The lowest BCUT2D eigenvalue weighted by Crippen LogP contribution is -2.32. The number of thioether (sulfide) groups is 1. The van der Waals surface area contributed by atoms with Gasteiger partial charge in [0.2, 0.25) is 0 Å². The van der Waals surface area contributed by atoms with Crippen molar-refractivity contribution in [1.82, 2.24) is 5.32 Å². The molecule has 6 nitrogen and oxygen atoms in total. The average molecular weight is 542 g/mol. The number of hydrogen-bond acceptors (Lipinski definition) is 5. The minimum atomic E-state index is -1.07. The molecule has 1 atom stereocenters. The molecule has 1 aromatic rings. The fraction of sp³-hybridized carbons (Fsp3) is 0.484. The topological polar surface area (TPSA) is 95.9 Å². The summed E-state index contributed by atoms with van der Waals surface area (Å²) < 4.78 is 5.97. The number of amides is 1. The van der Waals surface area contributed by atoms with Crippen molar-refractivity contribution in [2.45, 2.75) is 72.3 Å². The van der Waals surface area contributed by atoms with Gasteiger partial charge < -0.3 is 20.3 Å². The number of aliphatic carboxylic acids is 1. The number of benzene rings is 1. The Labute approximate surface area is 232 Å². The first-order valence-electron chi connectivity index (χ1n) is 12.9. The molecule has 2 rings (SSSR count). The molecule has 1 aliphatic heterocycles. The molecule has 0 saturated heterocycles. The first kappa shape index (κ1) is 33.1. The van der Waals surface area contributed by atoms with Crippen molar-refractivity contribution in [3.8, 4) is 18.6 Å². The zero-order valence-corrected chi connectivity index (χ0v) is 24.4. The van der Waals surface area contributed by atoms with Crippen molar-refractivity contribution >= 4 is 23.6 Å². The van der Waals surface area contributed by atoms with Gasteiger partial charge in [-0.3, -0.25) is 9.59 Å². The third-order valence-corrected chi connectivity index (χ3v) is 7.97. The zero-order chi connectivity index (χ0) is 28.9. The summed E-state index contributed by atoms with van der Waals surface area (Å²) >= 11 is 1.77. The Morgan fingerprint density at radius 2 is 1.82 bits per heavy atom. The van der Waals surface area contributed by atoms with E-state index < -0.39 is 18.6 Å². The van der Waals surface area contributed by atoms with Crippen LogP contribution in [0.5, 0.6) is 5.75 Å². The van der Waals surface area contributed by atoms with Gasteiger partial charge >= 0.3 is 5.97 Å². The van der Waals surface area contributed by atoms with Gasteiger partial charge in [-0.2, -0.15) is 0 Å². The molecule has 1 heterocycles. The number of ether oxygens (including phenoxy) is 1. The molecule has 7 heteroatoms.